The quantitative estimate of drug-likeness (QED) is 0.242. The molecule has 0 amide bonds. The third kappa shape index (κ3) is 3.67. The largest absolute Gasteiger partial charge is 1.00 e. The fourth-order valence-corrected chi connectivity index (χ4v) is 1.52. The molecule has 1 aromatic rings. The van der Waals surface area contributed by atoms with Gasteiger partial charge in [-0.05, 0) is 11.6 Å². The van der Waals surface area contributed by atoms with Crippen LogP contribution in [-0.4, -0.2) is 22.9 Å². The molecule has 0 spiro atoms. The SMILES string of the molecule is O=S(=O)([O-])c1cnc(Cl)nc1Cl.[Na+]. The Morgan fingerprint density at radius 2 is 1.92 bits per heavy atom. The van der Waals surface area contributed by atoms with E-state index >= 15 is 0 Å². The van der Waals surface area contributed by atoms with Crippen LogP contribution in [0.1, 0.15) is 0 Å². The summed E-state index contributed by atoms with van der Waals surface area (Å²) in [6.07, 6.45) is 0.764. The molecule has 0 bridgehead atoms. The summed E-state index contributed by atoms with van der Waals surface area (Å²) in [5.74, 6) is 0. The van der Waals surface area contributed by atoms with Crippen LogP contribution < -0.4 is 29.6 Å². The number of aromatic nitrogens is 2. The maximum absolute atomic E-state index is 10.4. The summed E-state index contributed by atoms with van der Waals surface area (Å²) >= 11 is 10.6. The van der Waals surface area contributed by atoms with E-state index in [2.05, 4.69) is 9.97 Å². The van der Waals surface area contributed by atoms with E-state index in [0.29, 0.717) is 0 Å². The third-order valence-corrected chi connectivity index (χ3v) is 2.37. The Morgan fingerprint density at radius 1 is 1.38 bits per heavy atom. The van der Waals surface area contributed by atoms with Crippen LogP contribution in [0.3, 0.4) is 0 Å². The van der Waals surface area contributed by atoms with Crippen LogP contribution in [0.5, 0.6) is 0 Å². The molecule has 1 heterocycles. The molecule has 0 aliphatic rings. The first-order valence-corrected chi connectivity index (χ1v) is 4.71. The van der Waals surface area contributed by atoms with Gasteiger partial charge in [0.05, 0.1) is 6.20 Å². The van der Waals surface area contributed by atoms with Gasteiger partial charge in [-0.3, -0.25) is 0 Å². The standard InChI is InChI=1S/C4H2Cl2N2O3S.Na/c5-3-2(12(9,10)11)1-7-4(6)8-3;/h1H,(H,9,10,11);/q;+1/p-1. The molecule has 0 aliphatic carbocycles. The van der Waals surface area contributed by atoms with Crippen molar-refractivity contribution in [2.24, 2.45) is 0 Å². The van der Waals surface area contributed by atoms with Gasteiger partial charge >= 0.3 is 29.6 Å². The van der Waals surface area contributed by atoms with Crippen molar-refractivity contribution in [1.29, 1.82) is 0 Å². The Morgan fingerprint density at radius 3 is 2.31 bits per heavy atom. The van der Waals surface area contributed by atoms with Crippen LogP contribution in [0.2, 0.25) is 10.4 Å². The van der Waals surface area contributed by atoms with E-state index in [1.54, 1.807) is 0 Å². The molecule has 0 saturated carbocycles. The van der Waals surface area contributed by atoms with Crippen molar-refractivity contribution in [3.63, 3.8) is 0 Å². The molecule has 0 atom stereocenters. The smallest absolute Gasteiger partial charge is 0.744 e. The Bertz CT molecular complexity index is 410. The van der Waals surface area contributed by atoms with Crippen molar-refractivity contribution in [3.8, 4) is 0 Å². The normalized spacial score (nSPS) is 10.7. The maximum Gasteiger partial charge on any atom is 1.00 e. The fourth-order valence-electron chi connectivity index (χ4n) is 0.498. The molecule has 13 heavy (non-hydrogen) atoms. The van der Waals surface area contributed by atoms with Gasteiger partial charge in [-0.1, -0.05) is 11.6 Å². The van der Waals surface area contributed by atoms with Gasteiger partial charge < -0.3 is 4.55 Å². The molecular formula is C4HCl2N2NaO3S. The zero-order chi connectivity index (χ0) is 9.35. The van der Waals surface area contributed by atoms with Gasteiger partial charge in [0.2, 0.25) is 5.28 Å². The summed E-state index contributed by atoms with van der Waals surface area (Å²) in [6.45, 7) is 0. The van der Waals surface area contributed by atoms with Crippen LogP contribution in [-0.2, 0) is 10.1 Å². The molecule has 1 rings (SSSR count). The number of nitrogens with zero attached hydrogens (tertiary/aromatic N) is 2. The number of halogens is 2. The maximum atomic E-state index is 10.4. The summed E-state index contributed by atoms with van der Waals surface area (Å²) in [7, 11) is -4.62. The minimum Gasteiger partial charge on any atom is -0.744 e. The summed E-state index contributed by atoms with van der Waals surface area (Å²) in [5.41, 5.74) is 0. The molecule has 0 radical (unpaired) electrons. The minimum absolute atomic E-state index is 0. The first-order chi connectivity index (χ1) is 5.41. The summed E-state index contributed by atoms with van der Waals surface area (Å²) in [4.78, 5) is 5.91. The van der Waals surface area contributed by atoms with Crippen molar-refractivity contribution in [2.75, 3.05) is 0 Å². The Hall–Kier alpha value is 0.570. The molecule has 0 saturated heterocycles. The second-order valence-corrected chi connectivity index (χ2v) is 3.79. The number of hydrogen-bond donors (Lipinski definition) is 0. The zero-order valence-corrected chi connectivity index (χ0v) is 10.7. The van der Waals surface area contributed by atoms with Crippen LogP contribution in [0.25, 0.3) is 0 Å². The molecule has 9 heteroatoms. The van der Waals surface area contributed by atoms with E-state index in [1.807, 2.05) is 0 Å². The van der Waals surface area contributed by atoms with Crippen LogP contribution in [0, 0.1) is 0 Å². The Balaban J connectivity index is 0.00000144. The van der Waals surface area contributed by atoms with E-state index in [4.69, 9.17) is 23.2 Å². The monoisotopic (exact) mass is 250 g/mol. The van der Waals surface area contributed by atoms with Crippen molar-refractivity contribution < 1.29 is 42.5 Å². The van der Waals surface area contributed by atoms with Gasteiger partial charge in [-0.15, -0.1) is 0 Å². The van der Waals surface area contributed by atoms with Crippen LogP contribution in [0.15, 0.2) is 11.1 Å². The topological polar surface area (TPSA) is 83.0 Å². The van der Waals surface area contributed by atoms with E-state index in [0.717, 1.165) is 6.20 Å². The number of hydrogen-bond acceptors (Lipinski definition) is 5. The minimum atomic E-state index is -4.62. The van der Waals surface area contributed by atoms with Gasteiger partial charge in [0.25, 0.3) is 0 Å². The number of rotatable bonds is 1. The fraction of sp³-hybridized carbons (Fsp3) is 0. The molecule has 0 fully saturated rings. The summed E-state index contributed by atoms with van der Waals surface area (Å²) in [5, 5.41) is -0.683. The second kappa shape index (κ2) is 4.88. The van der Waals surface area contributed by atoms with Crippen molar-refractivity contribution in [2.45, 2.75) is 4.90 Å². The van der Waals surface area contributed by atoms with Crippen LogP contribution in [0.4, 0.5) is 0 Å². The molecule has 5 nitrogen and oxygen atoms in total. The van der Waals surface area contributed by atoms with E-state index in [9.17, 15) is 13.0 Å². The average Bonchev–Trinajstić information content (AvgIpc) is 1.83. The summed E-state index contributed by atoms with van der Waals surface area (Å²) < 4.78 is 31.2. The van der Waals surface area contributed by atoms with Gasteiger partial charge in [0, 0.05) is 0 Å². The molecule has 66 valence electrons. The Labute approximate surface area is 107 Å². The summed E-state index contributed by atoms with van der Waals surface area (Å²) in [6, 6.07) is 0. The van der Waals surface area contributed by atoms with Gasteiger partial charge in [0.1, 0.15) is 15.0 Å². The predicted octanol–water partition coefficient (Wildman–Crippen LogP) is -2.31. The van der Waals surface area contributed by atoms with Crippen molar-refractivity contribution in [1.82, 2.24) is 9.97 Å². The van der Waals surface area contributed by atoms with E-state index in [-0.39, 0.29) is 34.8 Å². The first kappa shape index (κ1) is 13.6. The molecule has 0 N–H and O–H groups in total. The van der Waals surface area contributed by atoms with E-state index < -0.39 is 20.2 Å². The van der Waals surface area contributed by atoms with Gasteiger partial charge in [-0.25, -0.2) is 18.4 Å². The van der Waals surface area contributed by atoms with Crippen molar-refractivity contribution >= 4 is 33.3 Å². The average molecular weight is 251 g/mol. The van der Waals surface area contributed by atoms with E-state index in [1.165, 1.54) is 0 Å². The molecule has 0 unspecified atom stereocenters. The first-order valence-electron chi connectivity index (χ1n) is 2.55. The third-order valence-electron chi connectivity index (χ3n) is 0.951. The molecule has 0 aliphatic heterocycles. The molecular weight excluding hydrogens is 250 g/mol. The van der Waals surface area contributed by atoms with Gasteiger partial charge in [0.15, 0.2) is 5.15 Å². The Kier molecular flexibility index (Phi) is 5.09. The molecule has 0 aromatic carbocycles. The van der Waals surface area contributed by atoms with Crippen molar-refractivity contribution in [3.05, 3.63) is 16.6 Å². The molecule has 1 aromatic heterocycles. The second-order valence-electron chi connectivity index (χ2n) is 1.75. The van der Waals surface area contributed by atoms with Crippen LogP contribution >= 0.6 is 23.2 Å². The zero-order valence-electron chi connectivity index (χ0n) is 6.36. The van der Waals surface area contributed by atoms with Gasteiger partial charge in [-0.2, -0.15) is 0 Å². The predicted molar refractivity (Wildman–Crippen MR) is 40.0 cm³/mol.